The molecule has 2 aliphatic heterocycles. The van der Waals surface area contributed by atoms with Gasteiger partial charge in [0.25, 0.3) is 0 Å². The highest BCUT2D eigenvalue weighted by Crippen LogP contribution is 2.47. The highest BCUT2D eigenvalue weighted by molar-refractivity contribution is 5.90. The first-order valence-electron chi connectivity index (χ1n) is 8.57. The van der Waals surface area contributed by atoms with Crippen LogP contribution in [0.25, 0.3) is 0 Å². The average Bonchev–Trinajstić information content (AvgIpc) is 3.03. The lowest BCUT2D eigenvalue weighted by Crippen LogP contribution is -2.37. The Morgan fingerprint density at radius 3 is 2.12 bits per heavy atom. The summed E-state index contributed by atoms with van der Waals surface area (Å²) < 4.78 is 5.98. The van der Waals surface area contributed by atoms with E-state index in [1.54, 1.807) is 0 Å². The summed E-state index contributed by atoms with van der Waals surface area (Å²) in [4.78, 5) is 15.5. The third-order valence-electron chi connectivity index (χ3n) is 5.63. The van der Waals surface area contributed by atoms with Crippen LogP contribution >= 0.6 is 0 Å². The van der Waals surface area contributed by atoms with Gasteiger partial charge in [-0.15, -0.1) is 0 Å². The molecule has 5 rings (SSSR count). The molecule has 0 spiro atoms. The number of hydrogen-bond donors (Lipinski definition) is 1. The monoisotopic (exact) mass is 320 g/mol. The maximum atomic E-state index is 13.1. The molecule has 0 aromatic heterocycles. The Morgan fingerprint density at radius 2 is 1.54 bits per heavy atom. The van der Waals surface area contributed by atoms with Crippen molar-refractivity contribution in [3.8, 4) is 11.5 Å². The van der Waals surface area contributed by atoms with Crippen molar-refractivity contribution < 1.29 is 9.53 Å². The minimum absolute atomic E-state index is 0.0975. The molecule has 1 saturated carbocycles. The summed E-state index contributed by atoms with van der Waals surface area (Å²) in [5.74, 6) is 2.64. The van der Waals surface area contributed by atoms with E-state index in [1.807, 2.05) is 48.5 Å². The van der Waals surface area contributed by atoms with Crippen molar-refractivity contribution in [2.24, 2.45) is 11.8 Å². The highest BCUT2D eigenvalue weighted by atomic mass is 16.5. The molecule has 4 nitrogen and oxygen atoms in total. The first-order chi connectivity index (χ1) is 11.7. The van der Waals surface area contributed by atoms with Crippen LogP contribution in [0.2, 0.25) is 0 Å². The SMILES string of the molecule is CN1CC2C(C1)C2NC(=O)C1c2ccccc2Oc2ccccc21. The second kappa shape index (κ2) is 5.08. The summed E-state index contributed by atoms with van der Waals surface area (Å²) in [5, 5.41) is 3.31. The molecule has 2 aromatic rings. The molecule has 0 radical (unpaired) electrons. The van der Waals surface area contributed by atoms with Gasteiger partial charge in [0.15, 0.2) is 0 Å². The zero-order valence-electron chi connectivity index (χ0n) is 13.6. The van der Waals surface area contributed by atoms with Crippen molar-refractivity contribution >= 4 is 5.91 Å². The number of nitrogens with zero attached hydrogens (tertiary/aromatic N) is 1. The minimum Gasteiger partial charge on any atom is -0.457 e. The van der Waals surface area contributed by atoms with E-state index in [2.05, 4.69) is 17.3 Å². The Bertz CT molecular complexity index is 761. The van der Waals surface area contributed by atoms with E-state index in [1.165, 1.54) is 0 Å². The molecule has 2 fully saturated rings. The number of benzene rings is 2. The Kier molecular flexibility index (Phi) is 2.98. The highest BCUT2D eigenvalue weighted by Gasteiger charge is 2.56. The van der Waals surface area contributed by atoms with Gasteiger partial charge in [0.1, 0.15) is 11.5 Å². The van der Waals surface area contributed by atoms with Crippen LogP contribution in [-0.2, 0) is 4.79 Å². The van der Waals surface area contributed by atoms with Crippen molar-refractivity contribution in [2.45, 2.75) is 12.0 Å². The second-order valence-corrected chi connectivity index (χ2v) is 7.19. The van der Waals surface area contributed by atoms with Gasteiger partial charge >= 0.3 is 0 Å². The van der Waals surface area contributed by atoms with Crippen LogP contribution in [-0.4, -0.2) is 37.0 Å². The Hall–Kier alpha value is -2.33. The standard InChI is InChI=1S/C20H20N2O2/c1-22-10-14-15(11-22)19(14)21-20(23)18-12-6-2-4-8-16(12)24-17-9-5-3-7-13(17)18/h2-9,14-15,18-19H,10-11H2,1H3,(H,21,23). The maximum Gasteiger partial charge on any atom is 0.232 e. The topological polar surface area (TPSA) is 41.6 Å². The number of piperidine rings is 1. The van der Waals surface area contributed by atoms with E-state index in [9.17, 15) is 4.79 Å². The fourth-order valence-electron chi connectivity index (χ4n) is 4.39. The van der Waals surface area contributed by atoms with Gasteiger partial charge in [0.2, 0.25) is 5.91 Å². The van der Waals surface area contributed by atoms with Gasteiger partial charge in [-0.05, 0) is 31.0 Å². The van der Waals surface area contributed by atoms with E-state index in [0.29, 0.717) is 17.9 Å². The molecule has 2 heterocycles. The first kappa shape index (κ1) is 14.1. The fraction of sp³-hybridized carbons (Fsp3) is 0.350. The van der Waals surface area contributed by atoms with Gasteiger partial charge in [0.05, 0.1) is 5.92 Å². The molecular formula is C20H20N2O2. The van der Waals surface area contributed by atoms with Crippen molar-refractivity contribution in [1.29, 1.82) is 0 Å². The molecule has 24 heavy (non-hydrogen) atoms. The number of carbonyl (C=O) groups excluding carboxylic acids is 1. The molecule has 1 amide bonds. The molecule has 4 heteroatoms. The number of ether oxygens (including phenoxy) is 1. The average molecular weight is 320 g/mol. The number of hydrogen-bond acceptors (Lipinski definition) is 3. The van der Waals surface area contributed by atoms with Gasteiger partial charge in [-0.2, -0.15) is 0 Å². The number of fused-ring (bicyclic) bond motifs is 3. The molecule has 122 valence electrons. The molecule has 1 saturated heterocycles. The van der Waals surface area contributed by atoms with E-state index in [-0.39, 0.29) is 11.8 Å². The van der Waals surface area contributed by atoms with Crippen LogP contribution in [0.3, 0.4) is 0 Å². The van der Waals surface area contributed by atoms with E-state index >= 15 is 0 Å². The Labute approximate surface area is 141 Å². The number of rotatable bonds is 2. The third-order valence-corrected chi connectivity index (χ3v) is 5.63. The lowest BCUT2D eigenvalue weighted by atomic mass is 9.87. The maximum absolute atomic E-state index is 13.1. The predicted molar refractivity (Wildman–Crippen MR) is 91.2 cm³/mol. The summed E-state index contributed by atoms with van der Waals surface area (Å²) in [6.45, 7) is 2.19. The van der Waals surface area contributed by atoms with Crippen molar-refractivity contribution in [1.82, 2.24) is 10.2 Å². The third kappa shape index (κ3) is 2.06. The van der Waals surface area contributed by atoms with E-state index in [4.69, 9.17) is 4.74 Å². The van der Waals surface area contributed by atoms with E-state index < -0.39 is 0 Å². The molecular weight excluding hydrogens is 300 g/mol. The summed E-state index contributed by atoms with van der Waals surface area (Å²) in [5.41, 5.74) is 1.91. The minimum atomic E-state index is -0.287. The van der Waals surface area contributed by atoms with Gasteiger partial charge in [-0.25, -0.2) is 0 Å². The fourth-order valence-corrected chi connectivity index (χ4v) is 4.39. The number of nitrogens with one attached hydrogen (secondary N) is 1. The van der Waals surface area contributed by atoms with Crippen LogP contribution in [0.5, 0.6) is 11.5 Å². The Balaban J connectivity index is 1.46. The smallest absolute Gasteiger partial charge is 0.232 e. The van der Waals surface area contributed by atoms with Crippen LogP contribution in [0.15, 0.2) is 48.5 Å². The van der Waals surface area contributed by atoms with Gasteiger partial charge in [-0.3, -0.25) is 4.79 Å². The number of para-hydroxylation sites is 2. The lowest BCUT2D eigenvalue weighted by molar-refractivity contribution is -0.122. The number of likely N-dealkylation sites (tertiary alicyclic amines) is 1. The quantitative estimate of drug-likeness (QED) is 0.925. The molecule has 1 N–H and O–H groups in total. The molecule has 1 aliphatic carbocycles. The summed E-state index contributed by atoms with van der Waals surface area (Å²) in [7, 11) is 2.15. The number of carbonyl (C=O) groups is 1. The molecule has 2 aromatic carbocycles. The zero-order valence-corrected chi connectivity index (χ0v) is 13.6. The van der Waals surface area contributed by atoms with Crippen molar-refractivity contribution in [3.63, 3.8) is 0 Å². The van der Waals surface area contributed by atoms with Gasteiger partial charge in [-0.1, -0.05) is 36.4 Å². The molecule has 2 unspecified atom stereocenters. The second-order valence-electron chi connectivity index (χ2n) is 7.19. The van der Waals surface area contributed by atoms with E-state index in [0.717, 1.165) is 35.7 Å². The first-order valence-corrected chi connectivity index (χ1v) is 8.57. The summed E-state index contributed by atoms with van der Waals surface area (Å²) >= 11 is 0. The molecule has 3 aliphatic rings. The van der Waals surface area contributed by atoms with Gasteiger partial charge in [0, 0.05) is 30.3 Å². The lowest BCUT2D eigenvalue weighted by Gasteiger charge is -2.27. The normalized spacial score (nSPS) is 27.6. The Morgan fingerprint density at radius 1 is 1.00 bits per heavy atom. The van der Waals surface area contributed by atoms with Gasteiger partial charge < -0.3 is 15.0 Å². The number of amides is 1. The van der Waals surface area contributed by atoms with Crippen molar-refractivity contribution in [2.75, 3.05) is 20.1 Å². The molecule has 0 bridgehead atoms. The molecule has 2 atom stereocenters. The van der Waals surface area contributed by atoms with Crippen LogP contribution in [0.4, 0.5) is 0 Å². The van der Waals surface area contributed by atoms with Crippen LogP contribution in [0.1, 0.15) is 17.0 Å². The predicted octanol–water partition coefficient (Wildman–Crippen LogP) is 2.60. The van der Waals surface area contributed by atoms with Crippen LogP contribution in [0, 0.1) is 11.8 Å². The largest absolute Gasteiger partial charge is 0.457 e. The zero-order chi connectivity index (χ0) is 16.3. The van der Waals surface area contributed by atoms with Crippen LogP contribution < -0.4 is 10.1 Å². The summed E-state index contributed by atoms with van der Waals surface area (Å²) in [6, 6.07) is 16.0. The summed E-state index contributed by atoms with van der Waals surface area (Å²) in [6.07, 6.45) is 0. The van der Waals surface area contributed by atoms with Crippen molar-refractivity contribution in [3.05, 3.63) is 59.7 Å².